The second-order valence-corrected chi connectivity index (χ2v) is 10.1. The Labute approximate surface area is 228 Å². The Hall–Kier alpha value is -3.12. The summed E-state index contributed by atoms with van der Waals surface area (Å²) in [6, 6.07) is 28.3. The fourth-order valence-electron chi connectivity index (χ4n) is 4.32. The molecule has 39 heavy (non-hydrogen) atoms. The van der Waals surface area contributed by atoms with Gasteiger partial charge in [-0.25, -0.2) is 8.98 Å². The van der Waals surface area contributed by atoms with E-state index in [1.165, 1.54) is 0 Å². The first-order valence-corrected chi connectivity index (χ1v) is 14.0. The summed E-state index contributed by atoms with van der Waals surface area (Å²) in [5, 5.41) is 0. The highest BCUT2D eigenvalue weighted by molar-refractivity contribution is 7.80. The number of rotatable bonds is 13. The molecule has 4 atom stereocenters. The maximum Gasteiger partial charge on any atom is 0.397 e. The third kappa shape index (κ3) is 9.24. The van der Waals surface area contributed by atoms with Gasteiger partial charge in [-0.15, -0.1) is 0 Å². The van der Waals surface area contributed by atoms with Gasteiger partial charge in [0.1, 0.15) is 24.9 Å². The van der Waals surface area contributed by atoms with Gasteiger partial charge in [-0.05, 0) is 29.5 Å². The van der Waals surface area contributed by atoms with E-state index < -0.39 is 40.8 Å². The Balaban J connectivity index is 1.51. The van der Waals surface area contributed by atoms with Gasteiger partial charge in [-0.1, -0.05) is 91.0 Å². The average molecular weight is 557 g/mol. The summed E-state index contributed by atoms with van der Waals surface area (Å²) in [6.45, 7) is 0.0106. The largest absolute Gasteiger partial charge is 0.459 e. The normalized spacial score (nSPS) is 21.4. The van der Waals surface area contributed by atoms with Gasteiger partial charge < -0.3 is 18.9 Å². The summed E-state index contributed by atoms with van der Waals surface area (Å²) in [5.74, 6) is -0.675. The number of benzene rings is 3. The molecule has 0 bridgehead atoms. The van der Waals surface area contributed by atoms with E-state index in [2.05, 4.69) is 0 Å². The zero-order chi connectivity index (χ0) is 27.5. The van der Waals surface area contributed by atoms with E-state index in [1.807, 2.05) is 91.0 Å². The predicted molar refractivity (Wildman–Crippen MR) is 142 cm³/mol. The first-order chi connectivity index (χ1) is 18.9. The van der Waals surface area contributed by atoms with E-state index in [4.69, 9.17) is 23.1 Å². The molecule has 3 aromatic carbocycles. The van der Waals surface area contributed by atoms with Gasteiger partial charge in [0, 0.05) is 6.61 Å². The minimum Gasteiger partial charge on any atom is -0.459 e. The monoisotopic (exact) mass is 556 g/mol. The molecule has 1 aliphatic rings. The molecule has 1 aliphatic heterocycles. The van der Waals surface area contributed by atoms with Gasteiger partial charge in [-0.3, -0.25) is 4.55 Å². The minimum atomic E-state index is -4.84. The van der Waals surface area contributed by atoms with Crippen LogP contribution in [0.25, 0.3) is 0 Å². The molecule has 3 aromatic rings. The molecule has 1 fully saturated rings. The lowest BCUT2D eigenvalue weighted by molar-refractivity contribution is -0.226. The number of carbonyl (C=O) groups excluding carboxylic acids is 1. The third-order valence-corrected chi connectivity index (χ3v) is 6.67. The van der Waals surface area contributed by atoms with Gasteiger partial charge in [0.05, 0.1) is 13.2 Å². The summed E-state index contributed by atoms with van der Waals surface area (Å²) in [7, 11) is -4.84. The van der Waals surface area contributed by atoms with Gasteiger partial charge in [0.25, 0.3) is 0 Å². The molecule has 1 heterocycles. The van der Waals surface area contributed by atoms with Crippen LogP contribution in [0.1, 0.15) is 23.1 Å². The summed E-state index contributed by atoms with van der Waals surface area (Å²) in [6.07, 6.45) is -3.21. The Morgan fingerprint density at radius 3 is 1.95 bits per heavy atom. The van der Waals surface area contributed by atoms with Crippen molar-refractivity contribution in [1.29, 1.82) is 0 Å². The zero-order valence-electron chi connectivity index (χ0n) is 21.3. The van der Waals surface area contributed by atoms with Crippen LogP contribution in [0.15, 0.2) is 91.0 Å². The highest BCUT2D eigenvalue weighted by Crippen LogP contribution is 2.27. The summed E-state index contributed by atoms with van der Waals surface area (Å²) < 4.78 is 60.9. The first-order valence-electron chi connectivity index (χ1n) is 12.7. The lowest BCUT2D eigenvalue weighted by Gasteiger charge is -2.40. The molecule has 0 saturated carbocycles. The molecular formula is C29H32O9S. The molecule has 2 unspecified atom stereocenters. The Morgan fingerprint density at radius 2 is 1.36 bits per heavy atom. The van der Waals surface area contributed by atoms with Crippen LogP contribution in [-0.2, 0) is 58.0 Å². The summed E-state index contributed by atoms with van der Waals surface area (Å²) in [5.41, 5.74) is 2.75. The van der Waals surface area contributed by atoms with E-state index in [1.54, 1.807) is 0 Å². The smallest absolute Gasteiger partial charge is 0.397 e. The first kappa shape index (κ1) is 28.9. The standard InChI is InChI=1S/C29H32O9S/c30-29(37-20-24-15-8-3-9-16-24)28-27(34-18-10-17-22-11-4-1-5-12-22)26(25(21-36-28)38-39(31,32)33)35-19-23-13-6-2-7-14-23/h1-9,11-16,25-28H,10,17-21H2,(H,31,32,33)/t25?,26-,27-,28?/m1/s1. The van der Waals surface area contributed by atoms with E-state index in [-0.39, 0.29) is 26.4 Å². The van der Waals surface area contributed by atoms with Crippen LogP contribution in [0.4, 0.5) is 0 Å². The second kappa shape index (κ2) is 14.3. The number of hydrogen-bond donors (Lipinski definition) is 1. The van der Waals surface area contributed by atoms with Crippen LogP contribution >= 0.6 is 0 Å². The van der Waals surface area contributed by atoms with Crippen molar-refractivity contribution in [1.82, 2.24) is 0 Å². The van der Waals surface area contributed by atoms with Crippen LogP contribution in [0.5, 0.6) is 0 Å². The van der Waals surface area contributed by atoms with E-state index >= 15 is 0 Å². The number of esters is 1. The molecule has 0 radical (unpaired) electrons. The summed E-state index contributed by atoms with van der Waals surface area (Å²) in [4.78, 5) is 13.2. The fourth-order valence-corrected chi connectivity index (χ4v) is 4.79. The van der Waals surface area contributed by atoms with Crippen molar-refractivity contribution < 1.29 is 40.9 Å². The van der Waals surface area contributed by atoms with Crippen LogP contribution in [-0.4, -0.2) is 56.6 Å². The average Bonchev–Trinajstić information content (AvgIpc) is 2.94. The van der Waals surface area contributed by atoms with Crippen LogP contribution in [0, 0.1) is 0 Å². The number of aryl methyl sites for hydroxylation is 1. The lowest BCUT2D eigenvalue weighted by atomic mass is 9.99. The molecule has 0 aromatic heterocycles. The minimum absolute atomic E-state index is 0.0285. The van der Waals surface area contributed by atoms with Crippen LogP contribution < -0.4 is 0 Å². The van der Waals surface area contributed by atoms with E-state index in [9.17, 15) is 17.8 Å². The molecule has 0 spiro atoms. The van der Waals surface area contributed by atoms with Crippen LogP contribution in [0.3, 0.4) is 0 Å². The Morgan fingerprint density at radius 1 is 0.795 bits per heavy atom. The third-order valence-electron chi connectivity index (χ3n) is 6.18. The van der Waals surface area contributed by atoms with Crippen molar-refractivity contribution >= 4 is 16.4 Å². The molecule has 10 heteroatoms. The SMILES string of the molecule is O=C(OCc1ccccc1)C1OCC(OS(=O)(=O)O)[C@@H](OCc2ccccc2)[C@H]1OCCCc1ccccc1. The number of ether oxygens (including phenoxy) is 4. The molecule has 1 N–H and O–H groups in total. The second-order valence-electron chi connectivity index (χ2n) is 9.10. The van der Waals surface area contributed by atoms with Crippen molar-refractivity contribution in [2.75, 3.05) is 13.2 Å². The highest BCUT2D eigenvalue weighted by atomic mass is 32.3. The number of hydrogen-bond acceptors (Lipinski definition) is 8. The lowest BCUT2D eigenvalue weighted by Crippen LogP contribution is -2.59. The fraction of sp³-hybridized carbons (Fsp3) is 0.345. The number of carbonyl (C=O) groups is 1. The summed E-state index contributed by atoms with van der Waals surface area (Å²) >= 11 is 0. The van der Waals surface area contributed by atoms with Crippen molar-refractivity contribution in [3.8, 4) is 0 Å². The topological polar surface area (TPSA) is 118 Å². The van der Waals surface area contributed by atoms with Crippen molar-refractivity contribution in [2.24, 2.45) is 0 Å². The van der Waals surface area contributed by atoms with E-state index in [0.717, 1.165) is 23.1 Å². The van der Waals surface area contributed by atoms with E-state index in [0.29, 0.717) is 6.42 Å². The molecule has 208 valence electrons. The van der Waals surface area contributed by atoms with Crippen LogP contribution in [0.2, 0.25) is 0 Å². The molecule has 9 nitrogen and oxygen atoms in total. The highest BCUT2D eigenvalue weighted by Gasteiger charge is 2.48. The molecule has 0 aliphatic carbocycles. The van der Waals surface area contributed by atoms with Crippen molar-refractivity contribution in [3.63, 3.8) is 0 Å². The molecular weight excluding hydrogens is 524 g/mol. The molecule has 0 amide bonds. The van der Waals surface area contributed by atoms with Gasteiger partial charge in [0.15, 0.2) is 6.10 Å². The Bertz CT molecular complexity index is 1250. The zero-order valence-corrected chi connectivity index (χ0v) is 22.2. The quantitative estimate of drug-likeness (QED) is 0.190. The molecule has 1 saturated heterocycles. The Kier molecular flexibility index (Phi) is 10.6. The maximum atomic E-state index is 13.2. The van der Waals surface area contributed by atoms with Crippen molar-refractivity contribution in [2.45, 2.75) is 50.5 Å². The predicted octanol–water partition coefficient (Wildman–Crippen LogP) is 3.92. The van der Waals surface area contributed by atoms with Gasteiger partial charge >= 0.3 is 16.4 Å². The molecule has 4 rings (SSSR count). The van der Waals surface area contributed by atoms with Gasteiger partial charge in [-0.2, -0.15) is 8.42 Å². The van der Waals surface area contributed by atoms with Gasteiger partial charge in [0.2, 0.25) is 0 Å². The van der Waals surface area contributed by atoms with Crippen molar-refractivity contribution in [3.05, 3.63) is 108 Å². The maximum absolute atomic E-state index is 13.2.